The van der Waals surface area contributed by atoms with Crippen LogP contribution in [0.25, 0.3) is 0 Å². The third-order valence-corrected chi connectivity index (χ3v) is 6.55. The number of anilines is 1. The highest BCUT2D eigenvalue weighted by Crippen LogP contribution is 2.36. The van der Waals surface area contributed by atoms with Gasteiger partial charge in [-0.1, -0.05) is 26.0 Å². The minimum absolute atomic E-state index is 0.139. The number of rotatable bonds is 6. The molecule has 1 N–H and O–H groups in total. The van der Waals surface area contributed by atoms with E-state index in [2.05, 4.69) is 24.2 Å². The lowest BCUT2D eigenvalue weighted by atomic mass is 9.94. The van der Waals surface area contributed by atoms with Gasteiger partial charge < -0.3 is 5.32 Å². The van der Waals surface area contributed by atoms with Crippen LogP contribution in [-0.4, -0.2) is 59.2 Å². The number of benzene rings is 1. The highest BCUT2D eigenvalue weighted by Gasteiger charge is 2.48. The van der Waals surface area contributed by atoms with Crippen LogP contribution in [0.3, 0.4) is 0 Å². The molecule has 0 saturated carbocycles. The van der Waals surface area contributed by atoms with E-state index in [0.29, 0.717) is 11.8 Å². The summed E-state index contributed by atoms with van der Waals surface area (Å²) in [5, 5.41) is 2.97. The van der Waals surface area contributed by atoms with Crippen LogP contribution in [0, 0.1) is 25.7 Å². The van der Waals surface area contributed by atoms with Crippen molar-refractivity contribution in [2.75, 3.05) is 25.2 Å². The van der Waals surface area contributed by atoms with Crippen LogP contribution in [0.15, 0.2) is 33.7 Å². The number of nitrogens with one attached hydrogen (secondary N) is 1. The molecule has 0 aromatic heterocycles. The number of hydrogen-bond acceptors (Lipinski definition) is 5. The number of urea groups is 1. The predicted octanol–water partition coefficient (Wildman–Crippen LogP) is 3.61. The maximum absolute atomic E-state index is 13.0. The van der Waals surface area contributed by atoms with E-state index < -0.39 is 11.9 Å². The van der Waals surface area contributed by atoms with Crippen molar-refractivity contribution >= 4 is 47.3 Å². The zero-order valence-corrected chi connectivity index (χ0v) is 19.7. The quantitative estimate of drug-likeness (QED) is 0.684. The summed E-state index contributed by atoms with van der Waals surface area (Å²) in [5.74, 6) is -0.175. The van der Waals surface area contributed by atoms with E-state index in [9.17, 15) is 14.4 Å². The largest absolute Gasteiger partial charge is 0.445 e. The number of allylic oxidation sites excluding steroid dienone is 1. The number of dihydropyridines is 1. The second-order valence-electron chi connectivity index (χ2n) is 8.43. The fourth-order valence-corrected chi connectivity index (χ4v) is 4.72. The molecule has 8 heteroatoms. The first-order valence-electron chi connectivity index (χ1n) is 10.3. The predicted molar refractivity (Wildman–Crippen MR) is 125 cm³/mol. The van der Waals surface area contributed by atoms with Crippen molar-refractivity contribution in [3.63, 3.8) is 0 Å². The van der Waals surface area contributed by atoms with Crippen LogP contribution in [0.4, 0.5) is 10.5 Å². The Bertz CT molecular complexity index is 1040. The minimum Gasteiger partial charge on any atom is -0.325 e. The fraction of sp³-hybridized carbons (Fsp3) is 0.435. The second kappa shape index (κ2) is 9.18. The molecule has 0 bridgehead atoms. The molecular weight excluding hydrogens is 412 g/mol. The van der Waals surface area contributed by atoms with Gasteiger partial charge in [-0.15, -0.1) is 16.8 Å². The number of imide groups is 1. The molecule has 1 aromatic rings. The molecule has 0 fully saturated rings. The van der Waals surface area contributed by atoms with Gasteiger partial charge in [0.05, 0.1) is 19.8 Å². The normalized spacial score (nSPS) is 18.8. The monoisotopic (exact) mass is 441 g/mol. The molecule has 3 rings (SSSR count). The molecule has 164 valence electrons. The number of aryl methyl sites for hydroxylation is 2. The number of carbonyl (C=O) groups excluding carboxylic acids is 3. The van der Waals surface area contributed by atoms with Crippen LogP contribution in [0.1, 0.15) is 31.4 Å². The van der Waals surface area contributed by atoms with Crippen LogP contribution in [0.5, 0.6) is 0 Å². The molecule has 1 atom stereocenters. The lowest BCUT2D eigenvalue weighted by Crippen LogP contribution is -2.52. The van der Waals surface area contributed by atoms with Gasteiger partial charge in [-0.25, -0.2) is 4.79 Å². The second-order valence-corrected chi connectivity index (χ2v) is 9.45. The van der Waals surface area contributed by atoms with Gasteiger partial charge in [-0.3, -0.25) is 9.59 Å². The van der Waals surface area contributed by atoms with Crippen molar-refractivity contribution in [2.45, 2.75) is 34.1 Å². The average molecular weight is 442 g/mol. The highest BCUT2D eigenvalue weighted by atomic mass is 32.2. The third kappa shape index (κ3) is 4.79. The Kier molecular flexibility index (Phi) is 6.79. The molecule has 0 saturated heterocycles. The summed E-state index contributed by atoms with van der Waals surface area (Å²) in [6.45, 7) is 8.13. The molecule has 7 nitrogen and oxygen atoms in total. The summed E-state index contributed by atoms with van der Waals surface area (Å²) in [6, 6.07) is 5.52. The summed E-state index contributed by atoms with van der Waals surface area (Å²) in [6.07, 6.45) is 2.47. The Morgan fingerprint density at radius 3 is 2.68 bits per heavy atom. The molecule has 0 spiro atoms. The van der Waals surface area contributed by atoms with Gasteiger partial charge in [0.25, 0.3) is 5.84 Å². The number of aliphatic imine (C=N–C) groups is 1. The maximum Gasteiger partial charge on any atom is 0.445 e. The van der Waals surface area contributed by atoms with E-state index in [1.807, 2.05) is 32.0 Å². The minimum atomic E-state index is -0.662. The summed E-state index contributed by atoms with van der Waals surface area (Å²) < 4.78 is 1.41. The Hall–Kier alpha value is -2.74. The van der Waals surface area contributed by atoms with Gasteiger partial charge in [-0.2, -0.15) is 9.48 Å². The Morgan fingerprint density at radius 1 is 1.29 bits per heavy atom. The number of fused-ring (bicyclic) bond motifs is 1. The number of thioether (sulfide) groups is 1. The van der Waals surface area contributed by atoms with Gasteiger partial charge in [0.2, 0.25) is 5.91 Å². The fourth-order valence-electron chi connectivity index (χ4n) is 3.67. The van der Waals surface area contributed by atoms with Gasteiger partial charge in [0.15, 0.2) is 5.92 Å². The first-order valence-corrected chi connectivity index (χ1v) is 11.3. The van der Waals surface area contributed by atoms with Crippen LogP contribution >= 0.6 is 11.8 Å². The van der Waals surface area contributed by atoms with E-state index in [1.54, 1.807) is 13.3 Å². The summed E-state index contributed by atoms with van der Waals surface area (Å²) >= 11 is 1.35. The molecule has 2 heterocycles. The van der Waals surface area contributed by atoms with Crippen molar-refractivity contribution in [3.8, 4) is 0 Å². The van der Waals surface area contributed by atoms with E-state index in [0.717, 1.165) is 38.6 Å². The van der Waals surface area contributed by atoms with E-state index in [4.69, 9.17) is 0 Å². The maximum atomic E-state index is 13.0. The van der Waals surface area contributed by atoms with Crippen molar-refractivity contribution in [2.24, 2.45) is 16.8 Å². The topological polar surface area (TPSA) is 81.8 Å². The van der Waals surface area contributed by atoms with Crippen molar-refractivity contribution in [3.05, 3.63) is 39.8 Å². The van der Waals surface area contributed by atoms with Crippen LogP contribution in [-0.2, 0) is 9.59 Å². The molecule has 4 amide bonds. The molecule has 2 aliphatic heterocycles. The first-order chi connectivity index (χ1) is 14.6. The van der Waals surface area contributed by atoms with E-state index >= 15 is 0 Å². The van der Waals surface area contributed by atoms with Gasteiger partial charge in [0, 0.05) is 10.6 Å². The zero-order valence-electron chi connectivity index (χ0n) is 18.9. The van der Waals surface area contributed by atoms with E-state index in [-0.39, 0.29) is 17.6 Å². The van der Waals surface area contributed by atoms with Gasteiger partial charge in [0.1, 0.15) is 6.21 Å². The summed E-state index contributed by atoms with van der Waals surface area (Å²) in [4.78, 5) is 44.4. The van der Waals surface area contributed by atoms with Crippen LogP contribution < -0.4 is 5.32 Å². The SMILES string of the molecule is Cc1ccc(C)c(NC(=O)CSC2=C(CC(C)C)C=NC3=[N+](C)C(=O)N(C)C(=O)C23)c1. The zero-order chi connectivity index (χ0) is 22.9. The molecular formula is C23H29N4O3S+. The molecule has 2 aliphatic rings. The van der Waals surface area contributed by atoms with Crippen molar-refractivity contribution in [1.29, 1.82) is 0 Å². The van der Waals surface area contributed by atoms with Crippen molar-refractivity contribution in [1.82, 2.24) is 4.90 Å². The lowest BCUT2D eigenvalue weighted by Gasteiger charge is -2.28. The third-order valence-electron chi connectivity index (χ3n) is 5.34. The number of amides is 4. The number of carbonyl (C=O) groups is 3. The van der Waals surface area contributed by atoms with Crippen molar-refractivity contribution < 1.29 is 19.0 Å². The lowest BCUT2D eigenvalue weighted by molar-refractivity contribution is -0.407. The summed E-state index contributed by atoms with van der Waals surface area (Å²) in [7, 11) is 3.10. The van der Waals surface area contributed by atoms with E-state index in [1.165, 1.54) is 23.4 Å². The Balaban J connectivity index is 1.87. The van der Waals surface area contributed by atoms with Crippen LogP contribution in [0.2, 0.25) is 0 Å². The molecule has 0 radical (unpaired) electrons. The Morgan fingerprint density at radius 2 is 2.00 bits per heavy atom. The Labute approximate surface area is 187 Å². The average Bonchev–Trinajstić information content (AvgIpc) is 2.71. The molecule has 0 aliphatic carbocycles. The number of hydrogen-bond donors (Lipinski definition) is 1. The summed E-state index contributed by atoms with van der Waals surface area (Å²) in [5.41, 5.74) is 3.80. The first kappa shape index (κ1) is 22.9. The van der Waals surface area contributed by atoms with Gasteiger partial charge >= 0.3 is 11.9 Å². The smallest absolute Gasteiger partial charge is 0.325 e. The molecule has 1 aromatic carbocycles. The standard InChI is InChI=1S/C23H28N4O3S/c1-13(2)9-16-11-24-21-19(22(29)27(6)23(30)26(21)5)20(16)31-12-18(28)25-17-10-14(3)7-8-15(17)4/h7-8,10-11,13,19H,9,12H2,1-6H3/p+1. The highest BCUT2D eigenvalue weighted by molar-refractivity contribution is 8.03. The molecule has 1 unspecified atom stereocenters. The van der Waals surface area contributed by atoms with Gasteiger partial charge in [-0.05, 0) is 49.0 Å². The molecule has 31 heavy (non-hydrogen) atoms. The number of nitrogens with zero attached hydrogens (tertiary/aromatic N) is 3. The number of amidine groups is 1.